The van der Waals surface area contributed by atoms with Crippen LogP contribution in [0.4, 0.5) is 0 Å². The van der Waals surface area contributed by atoms with E-state index >= 15 is 0 Å². The highest BCUT2D eigenvalue weighted by Gasteiger charge is 2.20. The maximum Gasteiger partial charge on any atom is 0.329 e. The first kappa shape index (κ1) is 13.3. The number of rotatable bonds is 3. The third kappa shape index (κ3) is 2.81. The lowest BCUT2D eigenvalue weighted by Crippen LogP contribution is -1.98. The minimum atomic E-state index is -4.06. The molecule has 0 saturated carbocycles. The largest absolute Gasteiger partial charge is 0.329 e. The van der Waals surface area contributed by atoms with E-state index in [1.54, 1.807) is 0 Å². The zero-order valence-corrected chi connectivity index (χ0v) is 11.4. The van der Waals surface area contributed by atoms with Gasteiger partial charge in [0.25, 0.3) is 0 Å². The highest BCUT2D eigenvalue weighted by atomic mass is 31.2. The van der Waals surface area contributed by atoms with Crippen molar-refractivity contribution in [3.8, 4) is 0 Å². The van der Waals surface area contributed by atoms with Gasteiger partial charge in [-0.25, -0.2) is 0 Å². The molecule has 2 N–H and O–H groups in total. The third-order valence-electron chi connectivity index (χ3n) is 3.06. The van der Waals surface area contributed by atoms with E-state index in [9.17, 15) is 14.4 Å². The molecule has 2 aromatic carbocycles. The Morgan fingerprint density at radius 3 is 2.39 bits per heavy atom. The Hall–Kier alpha value is -1.15. The van der Waals surface area contributed by atoms with Crippen LogP contribution < -0.4 is 0 Å². The van der Waals surface area contributed by atoms with Crippen LogP contribution in [-0.4, -0.2) is 9.79 Å². The SMILES string of the molecule is CC(C)c1ccc2ccccc2c1CP(=O)(O)O. The average molecular weight is 264 g/mol. The Morgan fingerprint density at radius 2 is 1.78 bits per heavy atom. The van der Waals surface area contributed by atoms with Crippen molar-refractivity contribution < 1.29 is 14.4 Å². The van der Waals surface area contributed by atoms with E-state index < -0.39 is 7.60 Å². The second-order valence-corrected chi connectivity index (χ2v) is 6.48. The molecule has 0 aliphatic rings. The van der Waals surface area contributed by atoms with Crippen molar-refractivity contribution in [1.29, 1.82) is 0 Å². The summed E-state index contributed by atoms with van der Waals surface area (Å²) in [6.07, 6.45) is -0.193. The number of benzene rings is 2. The van der Waals surface area contributed by atoms with E-state index in [0.717, 1.165) is 21.9 Å². The highest BCUT2D eigenvalue weighted by Crippen LogP contribution is 2.43. The van der Waals surface area contributed by atoms with Crippen LogP contribution in [0.3, 0.4) is 0 Å². The van der Waals surface area contributed by atoms with Crippen LogP contribution in [0.2, 0.25) is 0 Å². The molecule has 2 rings (SSSR count). The lowest BCUT2D eigenvalue weighted by molar-refractivity contribution is 0.371. The van der Waals surface area contributed by atoms with Gasteiger partial charge in [0.2, 0.25) is 0 Å². The minimum absolute atomic E-state index is 0.193. The first-order valence-electron chi connectivity index (χ1n) is 5.93. The molecule has 0 aliphatic heterocycles. The zero-order chi connectivity index (χ0) is 13.3. The predicted octanol–water partition coefficient (Wildman–Crippen LogP) is 3.64. The number of fused-ring (bicyclic) bond motifs is 1. The van der Waals surface area contributed by atoms with E-state index in [1.807, 2.05) is 50.2 Å². The predicted molar refractivity (Wildman–Crippen MR) is 73.8 cm³/mol. The van der Waals surface area contributed by atoms with Gasteiger partial charge in [0.05, 0.1) is 6.16 Å². The fourth-order valence-electron chi connectivity index (χ4n) is 2.28. The smallest absolute Gasteiger partial charge is 0.324 e. The zero-order valence-electron chi connectivity index (χ0n) is 10.5. The Kier molecular flexibility index (Phi) is 3.58. The summed E-state index contributed by atoms with van der Waals surface area (Å²) in [5, 5.41) is 1.96. The summed E-state index contributed by atoms with van der Waals surface area (Å²) in [4.78, 5) is 18.5. The lowest BCUT2D eigenvalue weighted by Gasteiger charge is -2.16. The normalized spacial score (nSPS) is 12.3. The van der Waals surface area contributed by atoms with Gasteiger partial charge >= 0.3 is 7.60 Å². The highest BCUT2D eigenvalue weighted by molar-refractivity contribution is 7.50. The number of hydrogen-bond donors (Lipinski definition) is 2. The molecule has 0 unspecified atom stereocenters. The maximum absolute atomic E-state index is 11.3. The van der Waals surface area contributed by atoms with Crippen molar-refractivity contribution >= 4 is 18.4 Å². The van der Waals surface area contributed by atoms with E-state index in [4.69, 9.17) is 0 Å². The minimum Gasteiger partial charge on any atom is -0.324 e. The van der Waals surface area contributed by atoms with E-state index in [-0.39, 0.29) is 12.1 Å². The van der Waals surface area contributed by atoms with Gasteiger partial charge in [0.1, 0.15) is 0 Å². The molecule has 0 aliphatic carbocycles. The van der Waals surface area contributed by atoms with Crippen LogP contribution in [0, 0.1) is 0 Å². The molecule has 4 heteroatoms. The Bertz CT molecular complexity index is 613. The van der Waals surface area contributed by atoms with Gasteiger partial charge in [0, 0.05) is 0 Å². The lowest BCUT2D eigenvalue weighted by atomic mass is 9.93. The average Bonchev–Trinajstić information content (AvgIpc) is 2.27. The fraction of sp³-hybridized carbons (Fsp3) is 0.286. The van der Waals surface area contributed by atoms with Crippen LogP contribution in [0.1, 0.15) is 30.9 Å². The molecule has 0 spiro atoms. The van der Waals surface area contributed by atoms with E-state index in [2.05, 4.69) is 0 Å². The second kappa shape index (κ2) is 4.85. The Morgan fingerprint density at radius 1 is 1.11 bits per heavy atom. The van der Waals surface area contributed by atoms with Crippen LogP contribution in [-0.2, 0) is 10.7 Å². The van der Waals surface area contributed by atoms with Crippen LogP contribution in [0.25, 0.3) is 10.8 Å². The molecule has 0 bridgehead atoms. The first-order valence-corrected chi connectivity index (χ1v) is 7.73. The fourth-order valence-corrected chi connectivity index (χ4v) is 3.04. The van der Waals surface area contributed by atoms with Crippen molar-refractivity contribution in [3.63, 3.8) is 0 Å². The quantitative estimate of drug-likeness (QED) is 0.832. The molecule has 2 aromatic rings. The van der Waals surface area contributed by atoms with Crippen LogP contribution in [0.5, 0.6) is 0 Å². The van der Waals surface area contributed by atoms with E-state index in [0.29, 0.717) is 0 Å². The van der Waals surface area contributed by atoms with Gasteiger partial charge in [-0.2, -0.15) is 0 Å². The van der Waals surface area contributed by atoms with Crippen LogP contribution in [0.15, 0.2) is 36.4 Å². The molecule has 0 aromatic heterocycles. The summed E-state index contributed by atoms with van der Waals surface area (Å²) >= 11 is 0. The summed E-state index contributed by atoms with van der Waals surface area (Å²) in [6, 6.07) is 11.7. The Labute approximate surface area is 107 Å². The summed E-state index contributed by atoms with van der Waals surface area (Å²) in [5.74, 6) is 0.246. The van der Waals surface area contributed by atoms with Gasteiger partial charge in [-0.05, 0) is 27.8 Å². The summed E-state index contributed by atoms with van der Waals surface area (Å²) in [5.41, 5.74) is 1.79. The van der Waals surface area contributed by atoms with Crippen molar-refractivity contribution in [3.05, 3.63) is 47.5 Å². The van der Waals surface area contributed by atoms with Crippen LogP contribution >= 0.6 is 7.60 Å². The monoisotopic (exact) mass is 264 g/mol. The van der Waals surface area contributed by atoms with Crippen molar-refractivity contribution in [2.45, 2.75) is 25.9 Å². The molecule has 3 nitrogen and oxygen atoms in total. The molecule has 0 saturated heterocycles. The Balaban J connectivity index is 2.70. The molecule has 0 radical (unpaired) electrons. The van der Waals surface area contributed by atoms with Gasteiger partial charge in [-0.3, -0.25) is 4.57 Å². The summed E-state index contributed by atoms with van der Waals surface area (Å²) < 4.78 is 11.3. The topological polar surface area (TPSA) is 57.5 Å². The molecule has 0 amide bonds. The standard InChI is InChI=1S/C14H17O3P/c1-10(2)12-8-7-11-5-3-4-6-13(11)14(12)9-18(15,16)17/h3-8,10H,9H2,1-2H3,(H2,15,16,17). The van der Waals surface area contributed by atoms with Gasteiger partial charge in [-0.1, -0.05) is 50.2 Å². The number of hydrogen-bond acceptors (Lipinski definition) is 1. The third-order valence-corrected chi connectivity index (χ3v) is 3.79. The van der Waals surface area contributed by atoms with Crippen molar-refractivity contribution in [2.24, 2.45) is 0 Å². The molecule has 0 heterocycles. The summed E-state index contributed by atoms with van der Waals surface area (Å²) in [7, 11) is -4.06. The maximum atomic E-state index is 11.3. The second-order valence-electron chi connectivity index (χ2n) is 4.83. The molecule has 0 fully saturated rings. The van der Waals surface area contributed by atoms with Gasteiger partial charge < -0.3 is 9.79 Å². The first-order chi connectivity index (χ1) is 8.38. The summed E-state index contributed by atoms with van der Waals surface area (Å²) in [6.45, 7) is 4.07. The molecule has 18 heavy (non-hydrogen) atoms. The molecule has 0 atom stereocenters. The molecule has 96 valence electrons. The van der Waals surface area contributed by atoms with E-state index in [1.165, 1.54) is 0 Å². The molecular formula is C14H17O3P. The van der Waals surface area contributed by atoms with Crippen molar-refractivity contribution in [2.75, 3.05) is 0 Å². The van der Waals surface area contributed by atoms with Crippen molar-refractivity contribution in [1.82, 2.24) is 0 Å². The molecular weight excluding hydrogens is 247 g/mol. The van der Waals surface area contributed by atoms with Gasteiger partial charge in [-0.15, -0.1) is 0 Å². The van der Waals surface area contributed by atoms with Gasteiger partial charge in [0.15, 0.2) is 0 Å².